The van der Waals surface area contributed by atoms with Crippen molar-refractivity contribution in [3.63, 3.8) is 0 Å². The van der Waals surface area contributed by atoms with E-state index in [0.29, 0.717) is 0 Å². The highest BCUT2D eigenvalue weighted by Gasteiger charge is 2.38. The highest BCUT2D eigenvalue weighted by molar-refractivity contribution is 6.32. The average Bonchev–Trinajstić information content (AvgIpc) is 1.85. The minimum absolute atomic E-state index is 0.439. The second-order valence-electron chi connectivity index (χ2n) is 2.99. The van der Waals surface area contributed by atoms with E-state index >= 15 is 0 Å². The van der Waals surface area contributed by atoms with E-state index < -0.39 is 23.4 Å². The molecular formula is C6H10ClF2NO2. The van der Waals surface area contributed by atoms with E-state index in [2.05, 4.69) is 11.6 Å². The van der Waals surface area contributed by atoms with Crippen molar-refractivity contribution in [2.75, 3.05) is 6.61 Å². The predicted molar refractivity (Wildman–Crippen MR) is 40.1 cm³/mol. The summed E-state index contributed by atoms with van der Waals surface area (Å²) in [5, 5.41) is 6.56. The summed E-state index contributed by atoms with van der Waals surface area (Å²) in [5.41, 5.74) is -1.09. The molecule has 0 aliphatic rings. The summed E-state index contributed by atoms with van der Waals surface area (Å²) >= 11 is 4.42. The first-order valence-corrected chi connectivity index (χ1v) is 3.57. The van der Waals surface area contributed by atoms with Crippen molar-refractivity contribution in [2.45, 2.75) is 24.8 Å². The van der Waals surface area contributed by atoms with E-state index in [1.165, 1.54) is 13.8 Å². The number of halogens is 3. The van der Waals surface area contributed by atoms with Gasteiger partial charge in [0.15, 0.2) is 0 Å². The molecule has 1 amide bonds. The molecule has 0 atom stereocenters. The zero-order chi connectivity index (χ0) is 9.99. The smallest absolute Gasteiger partial charge is 0.394 e. The van der Waals surface area contributed by atoms with Crippen LogP contribution in [0, 0.1) is 0 Å². The molecule has 0 heterocycles. The molecule has 0 bridgehead atoms. The lowest BCUT2D eigenvalue weighted by atomic mass is 10.1. The van der Waals surface area contributed by atoms with E-state index in [1.54, 1.807) is 0 Å². The van der Waals surface area contributed by atoms with Crippen LogP contribution in [0.3, 0.4) is 0 Å². The lowest BCUT2D eigenvalue weighted by Gasteiger charge is -2.24. The molecule has 3 nitrogen and oxygen atoms in total. The molecule has 0 aromatic carbocycles. The van der Waals surface area contributed by atoms with Gasteiger partial charge < -0.3 is 10.4 Å². The zero-order valence-corrected chi connectivity index (χ0v) is 7.45. The molecule has 0 rings (SSSR count). The second kappa shape index (κ2) is 3.53. The lowest BCUT2D eigenvalue weighted by Crippen LogP contribution is -2.50. The van der Waals surface area contributed by atoms with E-state index in [1.807, 2.05) is 5.32 Å². The number of aliphatic hydroxyl groups excluding tert-OH is 1. The van der Waals surface area contributed by atoms with Crippen LogP contribution in [-0.2, 0) is 4.79 Å². The van der Waals surface area contributed by atoms with Crippen LogP contribution in [0.1, 0.15) is 13.8 Å². The molecule has 0 radical (unpaired) electrons. The number of alkyl halides is 3. The summed E-state index contributed by atoms with van der Waals surface area (Å²) in [7, 11) is 0. The molecule has 0 aromatic rings. The maximum Gasteiger partial charge on any atom is 0.399 e. The first kappa shape index (κ1) is 11.6. The van der Waals surface area contributed by atoms with Crippen LogP contribution >= 0.6 is 11.6 Å². The molecule has 0 spiro atoms. The Morgan fingerprint density at radius 1 is 1.58 bits per heavy atom. The number of hydrogen-bond acceptors (Lipinski definition) is 2. The van der Waals surface area contributed by atoms with E-state index in [0.717, 1.165) is 0 Å². The topological polar surface area (TPSA) is 49.3 Å². The molecule has 12 heavy (non-hydrogen) atoms. The number of rotatable bonds is 3. The van der Waals surface area contributed by atoms with Gasteiger partial charge in [-0.15, -0.1) is 0 Å². The van der Waals surface area contributed by atoms with Gasteiger partial charge >= 0.3 is 11.3 Å². The van der Waals surface area contributed by atoms with Crippen LogP contribution in [-0.4, -0.2) is 28.5 Å². The van der Waals surface area contributed by atoms with Crippen molar-refractivity contribution in [3.8, 4) is 0 Å². The van der Waals surface area contributed by atoms with Gasteiger partial charge in [-0.2, -0.15) is 8.78 Å². The molecule has 0 unspecified atom stereocenters. The highest BCUT2D eigenvalue weighted by Crippen LogP contribution is 2.19. The van der Waals surface area contributed by atoms with Crippen LogP contribution in [0.25, 0.3) is 0 Å². The zero-order valence-electron chi connectivity index (χ0n) is 6.70. The maximum absolute atomic E-state index is 12.1. The summed E-state index contributed by atoms with van der Waals surface area (Å²) in [5.74, 6) is -1.61. The summed E-state index contributed by atoms with van der Waals surface area (Å²) in [6.45, 7) is 2.35. The number of aliphatic hydroxyl groups is 1. The van der Waals surface area contributed by atoms with Crippen LogP contribution in [0.2, 0.25) is 0 Å². The van der Waals surface area contributed by atoms with E-state index in [-0.39, 0.29) is 0 Å². The molecule has 72 valence electrons. The van der Waals surface area contributed by atoms with Crippen molar-refractivity contribution < 1.29 is 18.7 Å². The van der Waals surface area contributed by atoms with Crippen LogP contribution in [0.15, 0.2) is 0 Å². The molecule has 0 aromatic heterocycles. The lowest BCUT2D eigenvalue weighted by molar-refractivity contribution is -0.137. The fraction of sp³-hybridized carbons (Fsp3) is 0.833. The van der Waals surface area contributed by atoms with Crippen molar-refractivity contribution in [1.29, 1.82) is 0 Å². The third-order valence-electron chi connectivity index (χ3n) is 1.10. The van der Waals surface area contributed by atoms with Gasteiger partial charge in [-0.05, 0) is 25.4 Å². The Morgan fingerprint density at radius 2 is 2.00 bits per heavy atom. The van der Waals surface area contributed by atoms with Gasteiger partial charge in [-0.25, -0.2) is 0 Å². The molecular weight excluding hydrogens is 192 g/mol. The standard InChI is InChI=1S/C6H10ClF2NO2/c1-5(2,3-11)10-4(12)6(7,8)9/h11H,3H2,1-2H3,(H,10,12). The number of carbonyl (C=O) groups is 1. The van der Waals surface area contributed by atoms with Gasteiger partial charge in [0.05, 0.1) is 12.1 Å². The number of hydrogen-bond donors (Lipinski definition) is 2. The Labute approximate surface area is 73.7 Å². The number of amides is 1. The molecule has 0 saturated heterocycles. The molecule has 0 aliphatic carbocycles. The third-order valence-corrected chi connectivity index (χ3v) is 1.28. The number of nitrogens with one attached hydrogen (secondary N) is 1. The normalized spacial score (nSPS) is 12.8. The van der Waals surface area contributed by atoms with Crippen molar-refractivity contribution >= 4 is 17.5 Å². The summed E-state index contributed by atoms with van der Waals surface area (Å²) in [6, 6.07) is 0. The Bertz CT molecular complexity index is 179. The minimum Gasteiger partial charge on any atom is -0.394 e. The fourth-order valence-corrected chi connectivity index (χ4v) is 0.465. The first-order chi connectivity index (χ1) is 5.19. The Balaban J connectivity index is 4.20. The predicted octanol–water partition coefficient (Wildman–Crippen LogP) is 0.705. The van der Waals surface area contributed by atoms with Crippen molar-refractivity contribution in [1.82, 2.24) is 5.32 Å². The Hall–Kier alpha value is -0.420. The SMILES string of the molecule is CC(C)(CO)NC(=O)C(F)(F)Cl. The Kier molecular flexibility index (Phi) is 3.41. The fourth-order valence-electron chi connectivity index (χ4n) is 0.418. The van der Waals surface area contributed by atoms with Crippen molar-refractivity contribution in [2.24, 2.45) is 0 Å². The first-order valence-electron chi connectivity index (χ1n) is 3.19. The summed E-state index contributed by atoms with van der Waals surface area (Å²) in [4.78, 5) is 10.5. The van der Waals surface area contributed by atoms with E-state index in [9.17, 15) is 13.6 Å². The maximum atomic E-state index is 12.1. The molecule has 6 heteroatoms. The van der Waals surface area contributed by atoms with Gasteiger partial charge in [-0.3, -0.25) is 4.79 Å². The van der Waals surface area contributed by atoms with Gasteiger partial charge in [-0.1, -0.05) is 0 Å². The molecule has 0 aliphatic heterocycles. The van der Waals surface area contributed by atoms with Crippen LogP contribution in [0.4, 0.5) is 8.78 Å². The van der Waals surface area contributed by atoms with Gasteiger partial charge in [0.1, 0.15) is 0 Å². The van der Waals surface area contributed by atoms with Crippen molar-refractivity contribution in [3.05, 3.63) is 0 Å². The minimum atomic E-state index is -3.92. The largest absolute Gasteiger partial charge is 0.399 e. The van der Waals surface area contributed by atoms with E-state index in [4.69, 9.17) is 5.11 Å². The molecule has 2 N–H and O–H groups in total. The second-order valence-corrected chi connectivity index (χ2v) is 3.47. The third kappa shape index (κ3) is 3.82. The van der Waals surface area contributed by atoms with Crippen LogP contribution in [0.5, 0.6) is 0 Å². The summed E-state index contributed by atoms with van der Waals surface area (Å²) < 4.78 is 24.1. The summed E-state index contributed by atoms with van der Waals surface area (Å²) in [6.07, 6.45) is 0. The average molecular weight is 202 g/mol. The van der Waals surface area contributed by atoms with Gasteiger partial charge in [0.2, 0.25) is 0 Å². The van der Waals surface area contributed by atoms with Gasteiger partial charge in [0, 0.05) is 0 Å². The highest BCUT2D eigenvalue weighted by atomic mass is 35.5. The Morgan fingerprint density at radius 3 is 2.25 bits per heavy atom. The van der Waals surface area contributed by atoms with Gasteiger partial charge in [0.25, 0.3) is 0 Å². The van der Waals surface area contributed by atoms with Crippen LogP contribution < -0.4 is 5.32 Å². The monoisotopic (exact) mass is 201 g/mol. The molecule has 0 saturated carbocycles. The quantitative estimate of drug-likeness (QED) is 0.661. The molecule has 0 fully saturated rings. The number of carbonyl (C=O) groups excluding carboxylic acids is 1.